The van der Waals surface area contributed by atoms with Gasteiger partial charge in [-0.2, -0.15) is 0 Å². The van der Waals surface area contributed by atoms with Crippen LogP contribution >= 0.6 is 0 Å². The highest BCUT2D eigenvalue weighted by molar-refractivity contribution is 5.39. The molecular formula is C20H21F2NO4. The molecular weight excluding hydrogens is 356 g/mol. The van der Waals surface area contributed by atoms with Crippen LogP contribution in [0.3, 0.4) is 0 Å². The fourth-order valence-electron chi connectivity index (χ4n) is 3.23. The van der Waals surface area contributed by atoms with Crippen LogP contribution in [-0.4, -0.2) is 31.9 Å². The second-order valence-electron chi connectivity index (χ2n) is 6.55. The molecule has 0 radical (unpaired) electrons. The van der Waals surface area contributed by atoms with Gasteiger partial charge in [0.25, 0.3) is 6.47 Å². The van der Waals surface area contributed by atoms with Gasteiger partial charge in [-0.3, -0.25) is 4.79 Å². The van der Waals surface area contributed by atoms with Gasteiger partial charge >= 0.3 is 0 Å². The molecule has 0 amide bonds. The molecule has 1 heterocycles. The predicted molar refractivity (Wildman–Crippen MR) is 93.6 cm³/mol. The number of ether oxygens (including phenoxy) is 3. The number of rotatable bonds is 7. The third kappa shape index (κ3) is 4.50. The molecule has 0 aliphatic carbocycles. The van der Waals surface area contributed by atoms with Gasteiger partial charge in [0.15, 0.2) is 0 Å². The summed E-state index contributed by atoms with van der Waals surface area (Å²) < 4.78 is 44.0. The van der Waals surface area contributed by atoms with Crippen molar-refractivity contribution in [3.63, 3.8) is 0 Å². The van der Waals surface area contributed by atoms with Crippen molar-refractivity contribution in [2.24, 2.45) is 5.73 Å². The molecule has 7 heteroatoms. The van der Waals surface area contributed by atoms with Gasteiger partial charge in [-0.05, 0) is 11.6 Å². The Bertz CT molecular complexity index is 774. The fourth-order valence-corrected chi connectivity index (χ4v) is 3.23. The third-order valence-electron chi connectivity index (χ3n) is 4.68. The van der Waals surface area contributed by atoms with E-state index >= 15 is 0 Å². The summed E-state index contributed by atoms with van der Waals surface area (Å²) in [7, 11) is 0. The number of hydrogen-bond donors (Lipinski definition) is 1. The van der Waals surface area contributed by atoms with E-state index in [0.717, 1.165) is 17.7 Å². The summed E-state index contributed by atoms with van der Waals surface area (Å²) in [5, 5.41) is 0. The zero-order chi connectivity index (χ0) is 19.3. The van der Waals surface area contributed by atoms with E-state index in [2.05, 4.69) is 0 Å². The normalized spacial score (nSPS) is 25.1. The second kappa shape index (κ2) is 8.56. The van der Waals surface area contributed by atoms with Crippen LogP contribution in [0.5, 0.6) is 0 Å². The molecule has 27 heavy (non-hydrogen) atoms. The van der Waals surface area contributed by atoms with Crippen molar-refractivity contribution < 1.29 is 27.8 Å². The van der Waals surface area contributed by atoms with Gasteiger partial charge in [-0.15, -0.1) is 0 Å². The van der Waals surface area contributed by atoms with Crippen molar-refractivity contribution in [3.05, 3.63) is 71.3 Å². The molecule has 0 bridgehead atoms. The van der Waals surface area contributed by atoms with Crippen molar-refractivity contribution >= 4 is 6.47 Å². The van der Waals surface area contributed by atoms with Gasteiger partial charge < -0.3 is 19.9 Å². The molecule has 0 saturated carbocycles. The maximum atomic E-state index is 14.2. The van der Waals surface area contributed by atoms with Crippen molar-refractivity contribution in [1.29, 1.82) is 0 Å². The Balaban J connectivity index is 1.66. The zero-order valence-corrected chi connectivity index (χ0v) is 14.6. The van der Waals surface area contributed by atoms with Gasteiger partial charge in [-0.25, -0.2) is 8.78 Å². The van der Waals surface area contributed by atoms with Crippen molar-refractivity contribution in [2.75, 3.05) is 13.2 Å². The number of nitrogens with two attached hydrogens (primary N) is 1. The maximum Gasteiger partial charge on any atom is 0.293 e. The number of carbonyl (C=O) groups excluding carboxylic acids is 1. The zero-order valence-electron chi connectivity index (χ0n) is 14.6. The van der Waals surface area contributed by atoms with Crippen LogP contribution in [0.2, 0.25) is 0 Å². The largest absolute Gasteiger partial charge is 0.462 e. The lowest BCUT2D eigenvalue weighted by Crippen LogP contribution is -2.58. The molecule has 0 aromatic heterocycles. The van der Waals surface area contributed by atoms with E-state index in [1.807, 2.05) is 30.3 Å². The Morgan fingerprint density at radius 2 is 2.00 bits per heavy atom. The lowest BCUT2D eigenvalue weighted by atomic mass is 9.81. The summed E-state index contributed by atoms with van der Waals surface area (Å²) in [4.78, 5) is 10.9. The van der Waals surface area contributed by atoms with Gasteiger partial charge in [0.1, 0.15) is 23.3 Å². The summed E-state index contributed by atoms with van der Waals surface area (Å²) >= 11 is 0. The molecule has 0 spiro atoms. The summed E-state index contributed by atoms with van der Waals surface area (Å²) in [5.41, 5.74) is 5.99. The fraction of sp³-hybridized carbons (Fsp3) is 0.350. The van der Waals surface area contributed by atoms with Crippen LogP contribution in [-0.2, 0) is 31.2 Å². The molecule has 5 nitrogen and oxygen atoms in total. The van der Waals surface area contributed by atoms with Crippen molar-refractivity contribution in [1.82, 2.24) is 0 Å². The van der Waals surface area contributed by atoms with E-state index in [1.54, 1.807) is 0 Å². The molecule has 1 saturated heterocycles. The van der Waals surface area contributed by atoms with Crippen LogP contribution in [0.25, 0.3) is 0 Å². The van der Waals surface area contributed by atoms with Gasteiger partial charge in [0.2, 0.25) is 0 Å². The first kappa shape index (κ1) is 19.4. The number of hydrogen-bond acceptors (Lipinski definition) is 5. The number of halogens is 2. The van der Waals surface area contributed by atoms with Crippen LogP contribution < -0.4 is 5.73 Å². The van der Waals surface area contributed by atoms with Gasteiger partial charge in [0.05, 0.1) is 25.9 Å². The maximum absolute atomic E-state index is 14.2. The number of carbonyl (C=O) groups is 1. The first-order valence-electron chi connectivity index (χ1n) is 8.59. The van der Waals surface area contributed by atoms with Gasteiger partial charge in [-0.1, -0.05) is 36.4 Å². The van der Waals surface area contributed by atoms with Crippen molar-refractivity contribution in [3.8, 4) is 0 Å². The van der Waals surface area contributed by atoms with E-state index in [4.69, 9.17) is 19.9 Å². The molecule has 144 valence electrons. The lowest BCUT2D eigenvalue weighted by molar-refractivity contribution is -0.159. The standard InChI is InChI=1S/C20H21F2NO4/c21-15-6-7-17(18(22)8-15)20(23)12-26-16(9-19(20)27-13-24)11-25-10-14-4-2-1-3-5-14/h1-8,13,16,19H,9-12,23H2/t16-,19-,20-/m1/s1. The second-order valence-corrected chi connectivity index (χ2v) is 6.55. The summed E-state index contributed by atoms with van der Waals surface area (Å²) in [6, 6.07) is 12.8. The van der Waals surface area contributed by atoms with Gasteiger partial charge in [0, 0.05) is 18.1 Å². The van der Waals surface area contributed by atoms with Crippen LogP contribution in [0.1, 0.15) is 17.5 Å². The highest BCUT2D eigenvalue weighted by Gasteiger charge is 2.46. The monoisotopic (exact) mass is 377 g/mol. The molecule has 2 N–H and O–H groups in total. The summed E-state index contributed by atoms with van der Waals surface area (Å²) in [6.45, 7) is 0.879. The molecule has 1 aliphatic heterocycles. The first-order valence-corrected chi connectivity index (χ1v) is 8.59. The Labute approximate surface area is 156 Å². The first-order chi connectivity index (χ1) is 13.0. The lowest BCUT2D eigenvalue weighted by Gasteiger charge is -2.42. The summed E-state index contributed by atoms with van der Waals surface area (Å²) in [5.74, 6) is -1.52. The number of benzene rings is 2. The highest BCUT2D eigenvalue weighted by atomic mass is 19.1. The van der Waals surface area contributed by atoms with E-state index < -0.39 is 23.3 Å². The minimum atomic E-state index is -1.41. The molecule has 3 rings (SSSR count). The Morgan fingerprint density at radius 3 is 2.70 bits per heavy atom. The topological polar surface area (TPSA) is 70.8 Å². The summed E-state index contributed by atoms with van der Waals surface area (Å²) in [6.07, 6.45) is -0.950. The SMILES string of the molecule is N[C@@]1(c2ccc(F)cc2F)CO[C@@H](COCc2ccccc2)C[C@H]1OC=O. The Morgan fingerprint density at radius 1 is 1.22 bits per heavy atom. The van der Waals surface area contributed by atoms with E-state index in [9.17, 15) is 13.6 Å². The third-order valence-corrected chi connectivity index (χ3v) is 4.68. The Kier molecular flexibility index (Phi) is 6.15. The molecule has 0 unspecified atom stereocenters. The molecule has 2 aromatic rings. The predicted octanol–water partition coefficient (Wildman–Crippen LogP) is 2.67. The molecule has 3 atom stereocenters. The molecule has 1 aliphatic rings. The van der Waals surface area contributed by atoms with Crippen molar-refractivity contribution in [2.45, 2.75) is 30.8 Å². The van der Waals surface area contributed by atoms with E-state index in [1.165, 1.54) is 6.07 Å². The quantitative estimate of drug-likeness (QED) is 0.752. The minimum absolute atomic E-state index is 0.0411. The van der Waals surface area contributed by atoms with E-state index in [0.29, 0.717) is 6.61 Å². The average Bonchev–Trinajstić information content (AvgIpc) is 2.65. The van der Waals surface area contributed by atoms with Crippen LogP contribution in [0, 0.1) is 11.6 Å². The van der Waals surface area contributed by atoms with E-state index in [-0.39, 0.29) is 37.8 Å². The molecule has 2 aromatic carbocycles. The van der Waals surface area contributed by atoms with Crippen LogP contribution in [0.15, 0.2) is 48.5 Å². The van der Waals surface area contributed by atoms with Crippen LogP contribution in [0.4, 0.5) is 8.78 Å². The highest BCUT2D eigenvalue weighted by Crippen LogP contribution is 2.34. The smallest absolute Gasteiger partial charge is 0.293 e. The average molecular weight is 377 g/mol. The Hall–Kier alpha value is -2.35. The minimum Gasteiger partial charge on any atom is -0.462 e. The molecule has 1 fully saturated rings.